The van der Waals surface area contributed by atoms with Crippen molar-refractivity contribution in [3.05, 3.63) is 21.9 Å². The Balaban J connectivity index is 1.22. The van der Waals surface area contributed by atoms with Gasteiger partial charge in [0.2, 0.25) is 0 Å². The smallest absolute Gasteiger partial charge is 0.306 e. The molecule has 0 amide bonds. The second-order valence-corrected chi connectivity index (χ2v) is 9.96. The van der Waals surface area contributed by atoms with E-state index in [1.807, 2.05) is 11.3 Å². The highest BCUT2D eigenvalue weighted by molar-refractivity contribution is 7.12. The fraction of sp³-hybridized carbons (Fsp3) is 0.773. The molecule has 3 heterocycles. The van der Waals surface area contributed by atoms with Gasteiger partial charge < -0.3 is 14.2 Å². The number of hydrogen-bond acceptors (Lipinski definition) is 6. The van der Waals surface area contributed by atoms with Crippen LogP contribution in [0.4, 0.5) is 0 Å². The molecule has 1 aromatic rings. The fourth-order valence-corrected chi connectivity index (χ4v) is 6.76. The number of carbonyl (C=O) groups excluding carboxylic acids is 1. The third-order valence-electron chi connectivity index (χ3n) is 7.04. The summed E-state index contributed by atoms with van der Waals surface area (Å²) in [6.45, 7) is 4.06. The second kappa shape index (κ2) is 8.42. The van der Waals surface area contributed by atoms with Gasteiger partial charge in [-0.05, 0) is 30.9 Å². The Morgan fingerprint density at radius 1 is 1.14 bits per heavy atom. The molecule has 4 aliphatic rings. The average Bonchev–Trinajstić information content (AvgIpc) is 3.29. The minimum Gasteiger partial charge on any atom is -0.461 e. The van der Waals surface area contributed by atoms with Crippen LogP contribution < -0.4 is 0 Å². The van der Waals surface area contributed by atoms with Gasteiger partial charge in [-0.2, -0.15) is 0 Å². The molecular weight excluding hydrogens is 374 g/mol. The predicted molar refractivity (Wildman–Crippen MR) is 108 cm³/mol. The van der Waals surface area contributed by atoms with Gasteiger partial charge in [0.1, 0.15) is 6.10 Å². The van der Waals surface area contributed by atoms with Crippen molar-refractivity contribution in [1.29, 1.82) is 0 Å². The highest BCUT2D eigenvalue weighted by Gasteiger charge is 2.52. The summed E-state index contributed by atoms with van der Waals surface area (Å²) in [4.78, 5) is 17.3. The third kappa shape index (κ3) is 3.89. The van der Waals surface area contributed by atoms with Crippen molar-refractivity contribution in [3.8, 4) is 0 Å². The Labute approximate surface area is 171 Å². The molecule has 2 saturated carbocycles. The first-order valence-corrected chi connectivity index (χ1v) is 11.8. The molecule has 1 aromatic heterocycles. The number of carbonyl (C=O) groups is 1. The van der Waals surface area contributed by atoms with Crippen molar-refractivity contribution in [1.82, 2.24) is 4.90 Å². The van der Waals surface area contributed by atoms with Crippen LogP contribution in [0.3, 0.4) is 0 Å². The number of morpholine rings is 1. The maximum absolute atomic E-state index is 12.0. The zero-order valence-corrected chi connectivity index (χ0v) is 17.3. The first kappa shape index (κ1) is 19.0. The van der Waals surface area contributed by atoms with Gasteiger partial charge in [-0.1, -0.05) is 19.3 Å². The molecule has 5 rings (SSSR count). The molecule has 0 aromatic carbocycles. The standard InChI is InChI=1S/C22H31NO4S/c24-21-12-17-18(13-19(27-21)22(17)23-8-10-25-11-9-23)26-14-16-6-7-20(28-16)15-4-2-1-3-5-15/h6-7,15,17-19,22H,1-5,8-14H2. The largest absolute Gasteiger partial charge is 0.461 e. The molecular formula is C22H31NO4S. The topological polar surface area (TPSA) is 48.0 Å². The molecule has 5 nitrogen and oxygen atoms in total. The SMILES string of the molecule is O=C1CC2C(OCc3ccc(C4CCCCC4)s3)CC(O1)C2N1CCOCC1. The van der Waals surface area contributed by atoms with Crippen molar-refractivity contribution >= 4 is 17.3 Å². The second-order valence-electron chi connectivity index (χ2n) is 8.76. The number of fused-ring (bicyclic) bond motifs is 2. The van der Waals surface area contributed by atoms with Gasteiger partial charge in [-0.15, -0.1) is 11.3 Å². The van der Waals surface area contributed by atoms with Crippen LogP contribution in [-0.4, -0.2) is 55.4 Å². The molecule has 2 aliphatic carbocycles. The van der Waals surface area contributed by atoms with E-state index < -0.39 is 0 Å². The maximum Gasteiger partial charge on any atom is 0.306 e. The molecule has 154 valence electrons. The predicted octanol–water partition coefficient (Wildman–Crippen LogP) is 3.72. The van der Waals surface area contributed by atoms with Crippen molar-refractivity contribution in [2.75, 3.05) is 26.3 Å². The lowest BCUT2D eigenvalue weighted by Crippen LogP contribution is -2.53. The quantitative estimate of drug-likeness (QED) is 0.699. The zero-order valence-electron chi connectivity index (χ0n) is 16.5. The molecule has 28 heavy (non-hydrogen) atoms. The fourth-order valence-electron chi connectivity index (χ4n) is 5.66. The zero-order chi connectivity index (χ0) is 18.9. The normalized spacial score (nSPS) is 34.5. The molecule has 2 bridgehead atoms. The molecule has 6 heteroatoms. The average molecular weight is 406 g/mol. The molecule has 4 fully saturated rings. The minimum absolute atomic E-state index is 0.0181. The summed E-state index contributed by atoms with van der Waals surface area (Å²) in [7, 11) is 0. The van der Waals surface area contributed by atoms with Gasteiger partial charge in [0.15, 0.2) is 0 Å². The van der Waals surface area contributed by atoms with E-state index in [2.05, 4.69) is 17.0 Å². The lowest BCUT2D eigenvalue weighted by molar-refractivity contribution is -0.161. The molecule has 0 radical (unpaired) electrons. The van der Waals surface area contributed by atoms with Crippen LogP contribution in [0.5, 0.6) is 0 Å². The van der Waals surface area contributed by atoms with Crippen LogP contribution in [0, 0.1) is 5.92 Å². The first-order chi connectivity index (χ1) is 13.8. The van der Waals surface area contributed by atoms with Gasteiger partial charge in [0.25, 0.3) is 0 Å². The van der Waals surface area contributed by atoms with Crippen LogP contribution in [0.2, 0.25) is 0 Å². The van der Waals surface area contributed by atoms with E-state index in [4.69, 9.17) is 14.2 Å². The number of nitrogens with zero attached hydrogens (tertiary/aromatic N) is 1. The molecule has 0 N–H and O–H groups in total. The molecule has 4 atom stereocenters. The van der Waals surface area contributed by atoms with Crippen LogP contribution in [0.1, 0.15) is 60.6 Å². The highest BCUT2D eigenvalue weighted by Crippen LogP contribution is 2.42. The molecule has 2 aliphatic heterocycles. The van der Waals surface area contributed by atoms with Crippen molar-refractivity contribution < 1.29 is 19.0 Å². The number of hydrogen-bond donors (Lipinski definition) is 0. The van der Waals surface area contributed by atoms with Gasteiger partial charge in [0, 0.05) is 35.2 Å². The van der Waals surface area contributed by atoms with Gasteiger partial charge in [0.05, 0.1) is 38.4 Å². The molecule has 4 unspecified atom stereocenters. The van der Waals surface area contributed by atoms with Crippen molar-refractivity contribution in [2.24, 2.45) is 5.92 Å². The summed E-state index contributed by atoms with van der Waals surface area (Å²) in [6, 6.07) is 4.86. The minimum atomic E-state index is -0.0543. The molecule has 0 spiro atoms. The summed E-state index contributed by atoms with van der Waals surface area (Å²) < 4.78 is 17.6. The maximum atomic E-state index is 12.0. The Hall–Kier alpha value is -0.950. The molecule has 2 saturated heterocycles. The highest BCUT2D eigenvalue weighted by atomic mass is 32.1. The summed E-state index contributed by atoms with van der Waals surface area (Å²) in [5.41, 5.74) is 0. The van der Waals surface area contributed by atoms with E-state index >= 15 is 0 Å². The summed E-state index contributed by atoms with van der Waals surface area (Å²) >= 11 is 1.93. The Morgan fingerprint density at radius 2 is 1.96 bits per heavy atom. The number of esters is 1. The van der Waals surface area contributed by atoms with E-state index in [0.717, 1.165) is 38.6 Å². The third-order valence-corrected chi connectivity index (χ3v) is 8.27. The number of ether oxygens (including phenoxy) is 3. The summed E-state index contributed by atoms with van der Waals surface area (Å²) in [5.74, 6) is 0.957. The van der Waals surface area contributed by atoms with Crippen LogP contribution in [-0.2, 0) is 25.6 Å². The monoisotopic (exact) mass is 405 g/mol. The van der Waals surface area contributed by atoms with E-state index in [-0.39, 0.29) is 24.1 Å². The summed E-state index contributed by atoms with van der Waals surface area (Å²) in [6.07, 6.45) is 8.24. The van der Waals surface area contributed by atoms with Crippen LogP contribution >= 0.6 is 11.3 Å². The number of rotatable bonds is 5. The van der Waals surface area contributed by atoms with E-state index in [1.165, 1.54) is 41.9 Å². The van der Waals surface area contributed by atoms with Gasteiger partial charge in [-0.3, -0.25) is 9.69 Å². The Morgan fingerprint density at radius 3 is 2.79 bits per heavy atom. The van der Waals surface area contributed by atoms with E-state index in [9.17, 15) is 4.79 Å². The number of thiophene rings is 1. The lowest BCUT2D eigenvalue weighted by Gasteiger charge is -2.40. The Bertz CT molecular complexity index is 680. The Kier molecular flexibility index (Phi) is 5.73. The van der Waals surface area contributed by atoms with E-state index in [0.29, 0.717) is 19.1 Å². The van der Waals surface area contributed by atoms with Gasteiger partial charge >= 0.3 is 5.97 Å². The summed E-state index contributed by atoms with van der Waals surface area (Å²) in [5, 5.41) is 0. The van der Waals surface area contributed by atoms with Crippen LogP contribution in [0.25, 0.3) is 0 Å². The van der Waals surface area contributed by atoms with Gasteiger partial charge in [-0.25, -0.2) is 0 Å². The lowest BCUT2D eigenvalue weighted by atomic mass is 9.88. The van der Waals surface area contributed by atoms with Crippen molar-refractivity contribution in [2.45, 2.75) is 75.7 Å². The van der Waals surface area contributed by atoms with Crippen LogP contribution in [0.15, 0.2) is 12.1 Å². The van der Waals surface area contributed by atoms with E-state index in [1.54, 1.807) is 0 Å². The first-order valence-electron chi connectivity index (χ1n) is 11.0. The van der Waals surface area contributed by atoms with Crippen molar-refractivity contribution in [3.63, 3.8) is 0 Å².